The van der Waals surface area contributed by atoms with Gasteiger partial charge in [0.25, 0.3) is 0 Å². The smallest absolute Gasteiger partial charge is 0.237 e. The van der Waals surface area contributed by atoms with Crippen LogP contribution >= 0.6 is 23.2 Å². The quantitative estimate of drug-likeness (QED) is 0.838. The van der Waals surface area contributed by atoms with Gasteiger partial charge in [-0.25, -0.2) is 4.39 Å². The van der Waals surface area contributed by atoms with Crippen molar-refractivity contribution >= 4 is 29.1 Å². The molecular formula is C12H15Cl2FN2O. The summed E-state index contributed by atoms with van der Waals surface area (Å²) in [6.45, 7) is 5.05. The maximum atomic E-state index is 13.4. The van der Waals surface area contributed by atoms with Gasteiger partial charge in [-0.15, -0.1) is 0 Å². The number of hydrogen-bond acceptors (Lipinski definition) is 2. The van der Waals surface area contributed by atoms with Crippen LogP contribution in [0.15, 0.2) is 12.1 Å². The number of nitrogens with one attached hydrogen (secondary N) is 1. The van der Waals surface area contributed by atoms with Crippen molar-refractivity contribution in [2.45, 2.75) is 32.4 Å². The van der Waals surface area contributed by atoms with Crippen LogP contribution in [0.5, 0.6) is 0 Å². The van der Waals surface area contributed by atoms with Crippen molar-refractivity contribution in [2.24, 2.45) is 5.73 Å². The molecule has 3 nitrogen and oxygen atoms in total. The lowest BCUT2D eigenvalue weighted by atomic mass is 10.0. The molecule has 0 aliphatic rings. The van der Waals surface area contributed by atoms with E-state index < -0.39 is 17.3 Å². The van der Waals surface area contributed by atoms with Gasteiger partial charge >= 0.3 is 0 Å². The Morgan fingerprint density at radius 2 is 1.94 bits per heavy atom. The first-order chi connectivity index (χ1) is 8.15. The highest BCUT2D eigenvalue weighted by atomic mass is 35.5. The largest absolute Gasteiger partial charge is 0.368 e. The molecule has 100 valence electrons. The molecule has 0 aromatic heterocycles. The number of nitrogens with two attached hydrogens (primary N) is 1. The van der Waals surface area contributed by atoms with Gasteiger partial charge in [0, 0.05) is 11.1 Å². The lowest BCUT2D eigenvalue weighted by molar-refractivity contribution is -0.123. The number of carbonyl (C=O) groups excluding carboxylic acids is 1. The predicted octanol–water partition coefficient (Wildman–Crippen LogP) is 3.05. The summed E-state index contributed by atoms with van der Waals surface area (Å²) in [5.74, 6) is -1.05. The van der Waals surface area contributed by atoms with Crippen molar-refractivity contribution in [3.05, 3.63) is 33.6 Å². The molecule has 0 spiro atoms. The lowest BCUT2D eigenvalue weighted by Gasteiger charge is -2.27. The highest BCUT2D eigenvalue weighted by Gasteiger charge is 2.27. The first-order valence-corrected chi connectivity index (χ1v) is 6.13. The van der Waals surface area contributed by atoms with Gasteiger partial charge in [0.1, 0.15) is 5.82 Å². The van der Waals surface area contributed by atoms with Gasteiger partial charge in [0.05, 0.1) is 10.6 Å². The Kier molecular flexibility index (Phi) is 4.59. The van der Waals surface area contributed by atoms with E-state index in [1.165, 1.54) is 12.1 Å². The summed E-state index contributed by atoms with van der Waals surface area (Å²) in [6.07, 6.45) is 0. The van der Waals surface area contributed by atoms with Gasteiger partial charge < -0.3 is 5.73 Å². The summed E-state index contributed by atoms with van der Waals surface area (Å²) in [5, 5.41) is 3.29. The van der Waals surface area contributed by atoms with Crippen LogP contribution in [0, 0.1) is 5.82 Å². The van der Waals surface area contributed by atoms with Gasteiger partial charge in [0.2, 0.25) is 5.91 Å². The van der Waals surface area contributed by atoms with Crippen LogP contribution in [-0.4, -0.2) is 11.4 Å². The molecule has 1 amide bonds. The van der Waals surface area contributed by atoms with Crippen molar-refractivity contribution in [2.75, 3.05) is 0 Å². The highest BCUT2D eigenvalue weighted by Crippen LogP contribution is 2.29. The van der Waals surface area contributed by atoms with E-state index in [1.54, 1.807) is 20.8 Å². The van der Waals surface area contributed by atoms with E-state index in [9.17, 15) is 9.18 Å². The van der Waals surface area contributed by atoms with Crippen LogP contribution in [0.1, 0.15) is 32.4 Å². The van der Waals surface area contributed by atoms with Crippen LogP contribution in [0.2, 0.25) is 10.0 Å². The number of hydrogen-bond donors (Lipinski definition) is 2. The molecule has 6 heteroatoms. The van der Waals surface area contributed by atoms with Crippen LogP contribution < -0.4 is 11.1 Å². The maximum absolute atomic E-state index is 13.4. The van der Waals surface area contributed by atoms with E-state index in [0.717, 1.165) is 0 Å². The molecular weight excluding hydrogens is 278 g/mol. The van der Waals surface area contributed by atoms with Crippen molar-refractivity contribution in [3.8, 4) is 0 Å². The molecule has 0 aliphatic carbocycles. The molecule has 0 heterocycles. The Morgan fingerprint density at radius 3 is 2.44 bits per heavy atom. The number of carbonyl (C=O) groups is 1. The molecule has 1 rings (SSSR count). The Balaban J connectivity index is 3.01. The minimum absolute atomic E-state index is 0.0369. The van der Waals surface area contributed by atoms with Crippen LogP contribution in [0.3, 0.4) is 0 Å². The van der Waals surface area contributed by atoms with Crippen LogP contribution in [0.4, 0.5) is 4.39 Å². The van der Waals surface area contributed by atoms with Crippen molar-refractivity contribution < 1.29 is 9.18 Å². The molecule has 0 fully saturated rings. The second-order valence-electron chi connectivity index (χ2n) is 4.64. The zero-order chi connectivity index (χ0) is 14.1. The van der Waals surface area contributed by atoms with Crippen LogP contribution in [-0.2, 0) is 4.79 Å². The average Bonchev–Trinajstić information content (AvgIpc) is 2.22. The fourth-order valence-electron chi connectivity index (χ4n) is 1.56. The number of halogens is 3. The zero-order valence-electron chi connectivity index (χ0n) is 10.4. The van der Waals surface area contributed by atoms with E-state index in [4.69, 9.17) is 28.9 Å². The van der Waals surface area contributed by atoms with E-state index in [1.807, 2.05) is 0 Å². The Hall–Kier alpha value is -0.840. The molecule has 0 radical (unpaired) electrons. The number of benzene rings is 1. The highest BCUT2D eigenvalue weighted by molar-refractivity contribution is 6.35. The van der Waals surface area contributed by atoms with E-state index in [0.29, 0.717) is 10.6 Å². The van der Waals surface area contributed by atoms with Crippen molar-refractivity contribution in [1.82, 2.24) is 5.32 Å². The molecule has 1 aromatic rings. The molecule has 18 heavy (non-hydrogen) atoms. The number of rotatable bonds is 4. The molecule has 0 aliphatic heterocycles. The van der Waals surface area contributed by atoms with Gasteiger partial charge in [-0.2, -0.15) is 0 Å². The maximum Gasteiger partial charge on any atom is 0.237 e. The number of primary amides is 1. The fraction of sp³-hybridized carbons (Fsp3) is 0.417. The molecule has 3 N–H and O–H groups in total. The van der Waals surface area contributed by atoms with Crippen molar-refractivity contribution in [3.63, 3.8) is 0 Å². The standard InChI is InChI=1S/C12H15Cl2FN2O/c1-6(17-12(2,3)11(16)18)7-4-10(15)9(14)5-8(7)13/h4-6,17H,1-3H3,(H2,16,18). The fourth-order valence-corrected chi connectivity index (χ4v) is 2.11. The van der Waals surface area contributed by atoms with Gasteiger partial charge in [-0.3, -0.25) is 10.1 Å². The minimum atomic E-state index is -0.918. The monoisotopic (exact) mass is 292 g/mol. The normalized spacial score (nSPS) is 13.4. The lowest BCUT2D eigenvalue weighted by Crippen LogP contribution is -2.51. The Morgan fingerprint density at radius 1 is 1.39 bits per heavy atom. The summed E-state index contributed by atoms with van der Waals surface area (Å²) in [6, 6.07) is 2.24. The van der Waals surface area contributed by atoms with Gasteiger partial charge in [-0.1, -0.05) is 23.2 Å². The first-order valence-electron chi connectivity index (χ1n) is 5.37. The summed E-state index contributed by atoms with van der Waals surface area (Å²) in [5.41, 5.74) is 4.86. The van der Waals surface area contributed by atoms with Gasteiger partial charge in [-0.05, 0) is 38.5 Å². The molecule has 1 aromatic carbocycles. The van der Waals surface area contributed by atoms with E-state index >= 15 is 0 Å². The molecule has 0 saturated heterocycles. The second kappa shape index (κ2) is 5.43. The minimum Gasteiger partial charge on any atom is -0.368 e. The SMILES string of the molecule is CC(NC(C)(C)C(N)=O)c1cc(F)c(Cl)cc1Cl. The third kappa shape index (κ3) is 3.34. The van der Waals surface area contributed by atoms with Crippen LogP contribution in [0.25, 0.3) is 0 Å². The molecule has 1 atom stereocenters. The predicted molar refractivity (Wildman–Crippen MR) is 71.2 cm³/mol. The summed E-state index contributed by atoms with van der Waals surface area (Å²) in [4.78, 5) is 11.2. The molecule has 0 bridgehead atoms. The Labute approximate surface area is 115 Å². The zero-order valence-corrected chi connectivity index (χ0v) is 11.9. The first kappa shape index (κ1) is 15.2. The summed E-state index contributed by atoms with van der Waals surface area (Å²) < 4.78 is 13.4. The van der Waals surface area contributed by atoms with E-state index in [2.05, 4.69) is 5.32 Å². The second-order valence-corrected chi connectivity index (χ2v) is 5.46. The van der Waals surface area contributed by atoms with E-state index in [-0.39, 0.29) is 11.1 Å². The Bertz CT molecular complexity index is 477. The molecule has 1 unspecified atom stereocenters. The topological polar surface area (TPSA) is 55.1 Å². The van der Waals surface area contributed by atoms with Gasteiger partial charge in [0.15, 0.2) is 0 Å². The summed E-state index contributed by atoms with van der Waals surface area (Å²) >= 11 is 11.6. The average molecular weight is 293 g/mol. The third-order valence-electron chi connectivity index (χ3n) is 2.70. The summed E-state index contributed by atoms with van der Waals surface area (Å²) in [7, 11) is 0. The molecule has 0 saturated carbocycles. The number of amides is 1. The van der Waals surface area contributed by atoms with Crippen molar-refractivity contribution in [1.29, 1.82) is 0 Å². The third-order valence-corrected chi connectivity index (χ3v) is 3.32.